The van der Waals surface area contributed by atoms with Crippen molar-refractivity contribution in [2.75, 3.05) is 19.6 Å². The van der Waals surface area contributed by atoms with E-state index in [-0.39, 0.29) is 12.4 Å². The van der Waals surface area contributed by atoms with Crippen molar-refractivity contribution >= 4 is 44.2 Å². The highest BCUT2D eigenvalue weighted by molar-refractivity contribution is 7.18. The van der Waals surface area contributed by atoms with E-state index in [2.05, 4.69) is 28.5 Å². The number of thiazole rings is 1. The quantitative estimate of drug-likeness (QED) is 0.701. The molecule has 0 aliphatic carbocycles. The minimum atomic E-state index is 0. The van der Waals surface area contributed by atoms with E-state index in [1.54, 1.807) is 11.3 Å². The van der Waals surface area contributed by atoms with Crippen LogP contribution < -0.4 is 12.4 Å². The number of aryl methyl sites for hydroxylation is 1. The molecule has 6 heteroatoms. The maximum absolute atomic E-state index is 6.19. The molecule has 124 valence electrons. The number of benzene rings is 1. The fourth-order valence-corrected chi connectivity index (χ4v) is 4.60. The summed E-state index contributed by atoms with van der Waals surface area (Å²) in [5.74, 6) is 0. The number of likely N-dealkylation sites (tertiary alicyclic amines) is 1. The lowest BCUT2D eigenvalue weighted by Gasteiger charge is -2.26. The molecule has 1 aliphatic rings. The summed E-state index contributed by atoms with van der Waals surface area (Å²) in [7, 11) is 0. The second kappa shape index (κ2) is 6.98. The van der Waals surface area contributed by atoms with Gasteiger partial charge in [-0.3, -0.25) is 0 Å². The van der Waals surface area contributed by atoms with Gasteiger partial charge in [-0.1, -0.05) is 18.0 Å². The van der Waals surface area contributed by atoms with Gasteiger partial charge in [0, 0.05) is 23.5 Å². The molecule has 23 heavy (non-hydrogen) atoms. The maximum Gasteiger partial charge on any atom is 0.124 e. The van der Waals surface area contributed by atoms with Crippen molar-refractivity contribution in [1.82, 2.24) is 14.5 Å². The zero-order chi connectivity index (χ0) is 15.1. The summed E-state index contributed by atoms with van der Waals surface area (Å²) < 4.78 is 2.43. The molecule has 0 spiro atoms. The Hall–Kier alpha value is -0.810. The summed E-state index contributed by atoms with van der Waals surface area (Å²) in [4.78, 5) is 8.60. The molecule has 0 saturated carbocycles. The van der Waals surface area contributed by atoms with Crippen LogP contribution in [0.3, 0.4) is 0 Å². The van der Waals surface area contributed by atoms with Gasteiger partial charge in [0.2, 0.25) is 0 Å². The number of nitrogens with zero attached hydrogens (tertiary/aromatic N) is 3. The summed E-state index contributed by atoms with van der Waals surface area (Å²) in [5, 5.41) is 3.09. The molecule has 0 radical (unpaired) electrons. The average Bonchev–Trinajstić information content (AvgIpc) is 3.02. The largest absolute Gasteiger partial charge is 1.00 e. The molecule has 3 aromatic rings. The molecule has 0 N–H and O–H groups in total. The molecule has 3 nitrogen and oxygen atoms in total. The molecular weight excluding hydrogens is 349 g/mol. The second-order valence-electron chi connectivity index (χ2n) is 6.10. The monoisotopic (exact) mass is 368 g/mol. The van der Waals surface area contributed by atoms with Crippen LogP contribution in [0.2, 0.25) is 5.02 Å². The van der Waals surface area contributed by atoms with Gasteiger partial charge in [-0.15, -0.1) is 11.3 Å². The minimum absolute atomic E-state index is 0. The molecule has 2 aromatic heterocycles. The fourth-order valence-electron chi connectivity index (χ4n) is 3.46. The Morgan fingerprint density at radius 3 is 2.74 bits per heavy atom. The van der Waals surface area contributed by atoms with Gasteiger partial charge in [-0.2, -0.15) is 0 Å². The summed E-state index contributed by atoms with van der Waals surface area (Å²) in [6.07, 6.45) is 4.08. The standard InChI is InChI=1S/C17H20ClN3S.ClH/c1-12-19-16-14-11-13(18)5-6-15(14)21(17(16)22-12)10-9-20-7-3-2-4-8-20;/h5-6,11H,2-4,7-10H2,1H3;1H/p-1. The average molecular weight is 369 g/mol. The Kier molecular flexibility index (Phi) is 5.16. The van der Waals surface area contributed by atoms with E-state index in [1.165, 1.54) is 48.1 Å². The summed E-state index contributed by atoms with van der Waals surface area (Å²) >= 11 is 7.98. The Balaban J connectivity index is 0.00000156. The van der Waals surface area contributed by atoms with Crippen LogP contribution in [0.4, 0.5) is 0 Å². The normalized spacial score (nSPS) is 16.1. The first-order valence-corrected chi connectivity index (χ1v) is 9.19. The van der Waals surface area contributed by atoms with Crippen molar-refractivity contribution in [1.29, 1.82) is 0 Å². The first kappa shape index (κ1) is 17.0. The van der Waals surface area contributed by atoms with Crippen molar-refractivity contribution in [2.24, 2.45) is 0 Å². The third-order valence-electron chi connectivity index (χ3n) is 4.55. The molecule has 4 rings (SSSR count). The van der Waals surface area contributed by atoms with E-state index in [0.717, 1.165) is 28.6 Å². The number of fused-ring (bicyclic) bond motifs is 3. The van der Waals surface area contributed by atoms with Gasteiger partial charge in [-0.25, -0.2) is 4.98 Å². The smallest absolute Gasteiger partial charge is 0.124 e. The van der Waals surface area contributed by atoms with Gasteiger partial charge in [0.05, 0.1) is 10.5 Å². The number of halogens is 2. The van der Waals surface area contributed by atoms with E-state index in [0.29, 0.717) is 0 Å². The van der Waals surface area contributed by atoms with Gasteiger partial charge >= 0.3 is 0 Å². The molecule has 0 amide bonds. The molecule has 0 unspecified atom stereocenters. The third-order valence-corrected chi connectivity index (χ3v) is 5.78. The van der Waals surface area contributed by atoms with Crippen LogP contribution >= 0.6 is 22.9 Å². The van der Waals surface area contributed by atoms with Gasteiger partial charge in [0.25, 0.3) is 0 Å². The van der Waals surface area contributed by atoms with E-state index in [1.807, 2.05) is 6.07 Å². The van der Waals surface area contributed by atoms with E-state index in [9.17, 15) is 0 Å². The zero-order valence-electron chi connectivity index (χ0n) is 13.2. The van der Waals surface area contributed by atoms with Crippen LogP contribution in [0.25, 0.3) is 21.3 Å². The Bertz CT molecular complexity index is 818. The number of aromatic nitrogens is 2. The van der Waals surface area contributed by atoms with Crippen molar-refractivity contribution in [2.45, 2.75) is 32.7 Å². The summed E-state index contributed by atoms with van der Waals surface area (Å²) in [6.45, 7) is 6.73. The highest BCUT2D eigenvalue weighted by Crippen LogP contribution is 2.34. The number of hydrogen-bond donors (Lipinski definition) is 0. The van der Waals surface area contributed by atoms with E-state index >= 15 is 0 Å². The van der Waals surface area contributed by atoms with E-state index < -0.39 is 0 Å². The highest BCUT2D eigenvalue weighted by Gasteiger charge is 2.16. The highest BCUT2D eigenvalue weighted by atomic mass is 35.5. The van der Waals surface area contributed by atoms with Crippen LogP contribution in [0.1, 0.15) is 24.3 Å². The molecule has 0 bridgehead atoms. The van der Waals surface area contributed by atoms with Gasteiger partial charge in [0.15, 0.2) is 0 Å². The molecule has 1 aliphatic heterocycles. The molecular formula is C17H20Cl2N3S-. The molecule has 1 aromatic carbocycles. The van der Waals surface area contributed by atoms with Crippen LogP contribution in [0.5, 0.6) is 0 Å². The van der Waals surface area contributed by atoms with Crippen LogP contribution in [-0.4, -0.2) is 34.1 Å². The maximum atomic E-state index is 6.19. The summed E-state index contributed by atoms with van der Waals surface area (Å²) in [5.41, 5.74) is 2.37. The van der Waals surface area contributed by atoms with Crippen LogP contribution in [0.15, 0.2) is 18.2 Å². The first-order chi connectivity index (χ1) is 10.7. The fraction of sp³-hybridized carbons (Fsp3) is 0.471. The van der Waals surface area contributed by atoms with Gasteiger partial charge in [0.1, 0.15) is 10.3 Å². The first-order valence-electron chi connectivity index (χ1n) is 7.99. The number of hydrogen-bond acceptors (Lipinski definition) is 3. The molecule has 0 atom stereocenters. The van der Waals surface area contributed by atoms with Crippen molar-refractivity contribution < 1.29 is 12.4 Å². The lowest BCUT2D eigenvalue weighted by atomic mass is 10.1. The molecule has 1 fully saturated rings. The Labute approximate surface area is 151 Å². The minimum Gasteiger partial charge on any atom is -1.00 e. The zero-order valence-corrected chi connectivity index (χ0v) is 15.5. The second-order valence-corrected chi connectivity index (χ2v) is 7.72. The predicted octanol–water partition coefficient (Wildman–Crippen LogP) is 1.70. The summed E-state index contributed by atoms with van der Waals surface area (Å²) in [6, 6.07) is 6.17. The lowest BCUT2D eigenvalue weighted by Crippen LogP contribution is -3.00. The van der Waals surface area contributed by atoms with Crippen molar-refractivity contribution in [3.63, 3.8) is 0 Å². The Morgan fingerprint density at radius 2 is 1.96 bits per heavy atom. The van der Waals surface area contributed by atoms with Crippen LogP contribution in [0, 0.1) is 6.92 Å². The predicted molar refractivity (Wildman–Crippen MR) is 95.2 cm³/mol. The topological polar surface area (TPSA) is 21.1 Å². The van der Waals surface area contributed by atoms with Gasteiger partial charge < -0.3 is 21.9 Å². The number of piperidine rings is 1. The lowest BCUT2D eigenvalue weighted by molar-refractivity contribution is -0.00000437. The van der Waals surface area contributed by atoms with Crippen molar-refractivity contribution in [3.8, 4) is 0 Å². The van der Waals surface area contributed by atoms with Gasteiger partial charge in [-0.05, 0) is 51.1 Å². The number of rotatable bonds is 3. The molecule has 1 saturated heterocycles. The third kappa shape index (κ3) is 3.22. The SMILES string of the molecule is Cc1nc2c3cc(Cl)ccc3n(CCN3CCCCC3)c2s1.[Cl-]. The van der Waals surface area contributed by atoms with Crippen molar-refractivity contribution in [3.05, 3.63) is 28.2 Å². The van der Waals surface area contributed by atoms with Crippen LogP contribution in [-0.2, 0) is 6.54 Å². The Morgan fingerprint density at radius 1 is 1.17 bits per heavy atom. The molecule has 3 heterocycles. The van der Waals surface area contributed by atoms with E-state index in [4.69, 9.17) is 16.6 Å².